The van der Waals surface area contributed by atoms with Gasteiger partial charge in [0.15, 0.2) is 0 Å². The molecular formula is C30H33N3O. The van der Waals surface area contributed by atoms with Crippen LogP contribution in [0.25, 0.3) is 16.9 Å². The molecule has 4 aromatic rings. The monoisotopic (exact) mass is 451 g/mol. The van der Waals surface area contributed by atoms with Gasteiger partial charge in [0.2, 0.25) is 0 Å². The van der Waals surface area contributed by atoms with E-state index in [1.807, 2.05) is 83.5 Å². The SMILES string of the molecule is CCc1c(C(=O)NC(CCC(C)C)c2ccccc2)c(-c2ccccc2)nn1-c1ccccc1. The highest BCUT2D eigenvalue weighted by atomic mass is 16.1. The van der Waals surface area contributed by atoms with E-state index in [1.165, 1.54) is 0 Å². The smallest absolute Gasteiger partial charge is 0.255 e. The molecular weight excluding hydrogens is 418 g/mol. The van der Waals surface area contributed by atoms with Gasteiger partial charge in [-0.15, -0.1) is 0 Å². The lowest BCUT2D eigenvalue weighted by atomic mass is 9.96. The number of carbonyl (C=O) groups excluding carboxylic acids is 1. The van der Waals surface area contributed by atoms with E-state index in [-0.39, 0.29) is 11.9 Å². The number of benzene rings is 3. The van der Waals surface area contributed by atoms with Crippen LogP contribution in [0.2, 0.25) is 0 Å². The third-order valence-electron chi connectivity index (χ3n) is 6.13. The number of carbonyl (C=O) groups is 1. The summed E-state index contributed by atoms with van der Waals surface area (Å²) >= 11 is 0. The molecule has 0 aliphatic heterocycles. The lowest BCUT2D eigenvalue weighted by molar-refractivity contribution is 0.0933. The summed E-state index contributed by atoms with van der Waals surface area (Å²) < 4.78 is 1.92. The first-order valence-corrected chi connectivity index (χ1v) is 12.2. The third kappa shape index (κ3) is 5.28. The minimum Gasteiger partial charge on any atom is -0.345 e. The van der Waals surface area contributed by atoms with Gasteiger partial charge in [0.25, 0.3) is 5.91 Å². The second-order valence-electron chi connectivity index (χ2n) is 9.05. The number of hydrogen-bond donors (Lipinski definition) is 1. The van der Waals surface area contributed by atoms with Crippen LogP contribution in [-0.2, 0) is 6.42 Å². The van der Waals surface area contributed by atoms with Crippen LogP contribution in [0.3, 0.4) is 0 Å². The molecule has 4 heteroatoms. The maximum Gasteiger partial charge on any atom is 0.255 e. The van der Waals surface area contributed by atoms with Crippen LogP contribution >= 0.6 is 0 Å². The minimum absolute atomic E-state index is 0.0514. The van der Waals surface area contributed by atoms with Crippen molar-refractivity contribution in [3.63, 3.8) is 0 Å². The molecule has 1 aromatic heterocycles. The van der Waals surface area contributed by atoms with Crippen molar-refractivity contribution in [1.82, 2.24) is 15.1 Å². The molecule has 1 atom stereocenters. The van der Waals surface area contributed by atoms with E-state index < -0.39 is 0 Å². The Bertz CT molecular complexity index is 1200. The first-order chi connectivity index (χ1) is 16.6. The highest BCUT2D eigenvalue weighted by molar-refractivity contribution is 6.01. The predicted molar refractivity (Wildman–Crippen MR) is 139 cm³/mol. The van der Waals surface area contributed by atoms with Crippen LogP contribution in [-0.4, -0.2) is 15.7 Å². The summed E-state index contributed by atoms with van der Waals surface area (Å²) in [6.07, 6.45) is 2.62. The van der Waals surface area contributed by atoms with E-state index >= 15 is 0 Å². The zero-order valence-electron chi connectivity index (χ0n) is 20.2. The maximum atomic E-state index is 13.9. The van der Waals surface area contributed by atoms with E-state index in [9.17, 15) is 4.79 Å². The molecule has 4 nitrogen and oxygen atoms in total. The van der Waals surface area contributed by atoms with Crippen molar-refractivity contribution in [2.45, 2.75) is 46.1 Å². The number of nitrogens with zero attached hydrogens (tertiary/aromatic N) is 2. The Labute approximate surface area is 202 Å². The summed E-state index contributed by atoms with van der Waals surface area (Å²) in [5, 5.41) is 8.32. The number of amides is 1. The van der Waals surface area contributed by atoms with Gasteiger partial charge in [-0.05, 0) is 42.9 Å². The quantitative estimate of drug-likeness (QED) is 0.297. The van der Waals surface area contributed by atoms with Crippen LogP contribution in [0.15, 0.2) is 91.0 Å². The molecule has 0 aliphatic carbocycles. The normalized spacial score (nSPS) is 12.0. The fraction of sp³-hybridized carbons (Fsp3) is 0.267. The fourth-order valence-electron chi connectivity index (χ4n) is 4.34. The molecule has 0 saturated carbocycles. The molecule has 4 rings (SSSR count). The van der Waals surface area contributed by atoms with Crippen LogP contribution < -0.4 is 5.32 Å². The molecule has 34 heavy (non-hydrogen) atoms. The van der Waals surface area contributed by atoms with Crippen molar-refractivity contribution in [2.24, 2.45) is 5.92 Å². The van der Waals surface area contributed by atoms with Gasteiger partial charge in [-0.1, -0.05) is 99.6 Å². The standard InChI is InChI=1S/C30H33N3O/c1-4-27-28(30(34)31-26(21-20-22(2)3)23-14-8-5-9-15-23)29(24-16-10-6-11-17-24)32-33(27)25-18-12-7-13-19-25/h5-19,22,26H,4,20-21H2,1-3H3,(H,31,34). The van der Waals surface area contributed by atoms with E-state index in [0.717, 1.165) is 41.0 Å². The van der Waals surface area contributed by atoms with E-state index in [2.05, 4.69) is 38.2 Å². The Morgan fingerprint density at radius 3 is 2.03 bits per heavy atom. The Hall–Kier alpha value is -3.66. The minimum atomic E-state index is -0.0736. The van der Waals surface area contributed by atoms with Gasteiger partial charge in [-0.2, -0.15) is 5.10 Å². The van der Waals surface area contributed by atoms with Gasteiger partial charge in [-0.3, -0.25) is 4.79 Å². The van der Waals surface area contributed by atoms with Crippen molar-refractivity contribution >= 4 is 5.91 Å². The Balaban J connectivity index is 1.78. The molecule has 0 radical (unpaired) electrons. The van der Waals surface area contributed by atoms with Gasteiger partial charge in [0.05, 0.1) is 23.0 Å². The molecule has 0 spiro atoms. The molecule has 1 unspecified atom stereocenters. The maximum absolute atomic E-state index is 13.9. The number of aromatic nitrogens is 2. The molecule has 1 amide bonds. The summed E-state index contributed by atoms with van der Waals surface area (Å²) in [4.78, 5) is 13.9. The molecule has 174 valence electrons. The first-order valence-electron chi connectivity index (χ1n) is 12.2. The highest BCUT2D eigenvalue weighted by Crippen LogP contribution is 2.30. The summed E-state index contributed by atoms with van der Waals surface area (Å²) in [6, 6.07) is 30.2. The molecule has 0 aliphatic rings. The topological polar surface area (TPSA) is 46.9 Å². The summed E-state index contributed by atoms with van der Waals surface area (Å²) in [7, 11) is 0. The molecule has 0 saturated heterocycles. The molecule has 1 heterocycles. The van der Waals surface area contributed by atoms with Gasteiger partial charge >= 0.3 is 0 Å². The number of nitrogens with one attached hydrogen (secondary N) is 1. The summed E-state index contributed by atoms with van der Waals surface area (Å²) in [5.41, 5.74) is 5.31. The second kappa shape index (κ2) is 11.0. The van der Waals surface area contributed by atoms with Crippen molar-refractivity contribution in [3.05, 3.63) is 108 Å². The van der Waals surface area contributed by atoms with Gasteiger partial charge in [-0.25, -0.2) is 4.68 Å². The van der Waals surface area contributed by atoms with Gasteiger partial charge in [0, 0.05) is 5.56 Å². The molecule has 0 fully saturated rings. The zero-order valence-corrected chi connectivity index (χ0v) is 20.2. The summed E-state index contributed by atoms with van der Waals surface area (Å²) in [5.74, 6) is 0.491. The lowest BCUT2D eigenvalue weighted by Gasteiger charge is -2.21. The average Bonchev–Trinajstić information content (AvgIpc) is 3.28. The Kier molecular flexibility index (Phi) is 7.58. The first kappa shape index (κ1) is 23.5. The summed E-state index contributed by atoms with van der Waals surface area (Å²) in [6.45, 7) is 6.52. The molecule has 0 bridgehead atoms. The lowest BCUT2D eigenvalue weighted by Crippen LogP contribution is -2.30. The zero-order chi connectivity index (χ0) is 23.9. The van der Waals surface area contributed by atoms with Crippen molar-refractivity contribution in [3.8, 4) is 16.9 Å². The van der Waals surface area contributed by atoms with Crippen LogP contribution in [0.5, 0.6) is 0 Å². The highest BCUT2D eigenvalue weighted by Gasteiger charge is 2.26. The van der Waals surface area contributed by atoms with Crippen LogP contribution in [0, 0.1) is 5.92 Å². The van der Waals surface area contributed by atoms with Crippen molar-refractivity contribution in [1.29, 1.82) is 0 Å². The predicted octanol–water partition coefficient (Wildman–Crippen LogP) is 7.01. The fourth-order valence-corrected chi connectivity index (χ4v) is 4.34. The number of rotatable bonds is 9. The largest absolute Gasteiger partial charge is 0.345 e. The Morgan fingerprint density at radius 2 is 1.44 bits per heavy atom. The molecule has 3 aromatic carbocycles. The van der Waals surface area contributed by atoms with Crippen molar-refractivity contribution < 1.29 is 4.79 Å². The average molecular weight is 452 g/mol. The van der Waals surface area contributed by atoms with Crippen molar-refractivity contribution in [2.75, 3.05) is 0 Å². The van der Waals surface area contributed by atoms with Gasteiger partial charge < -0.3 is 5.32 Å². The number of para-hydroxylation sites is 1. The Morgan fingerprint density at radius 1 is 0.853 bits per heavy atom. The molecule has 1 N–H and O–H groups in total. The van der Waals surface area contributed by atoms with Crippen LogP contribution in [0.4, 0.5) is 0 Å². The number of hydrogen-bond acceptors (Lipinski definition) is 2. The second-order valence-corrected chi connectivity index (χ2v) is 9.05. The van der Waals surface area contributed by atoms with E-state index in [0.29, 0.717) is 17.9 Å². The van der Waals surface area contributed by atoms with Gasteiger partial charge in [0.1, 0.15) is 5.69 Å². The van der Waals surface area contributed by atoms with Crippen LogP contribution in [0.1, 0.15) is 61.3 Å². The van der Waals surface area contributed by atoms with E-state index in [4.69, 9.17) is 5.10 Å². The third-order valence-corrected chi connectivity index (χ3v) is 6.13. The van der Waals surface area contributed by atoms with E-state index in [1.54, 1.807) is 0 Å².